The van der Waals surface area contributed by atoms with Crippen LogP contribution in [-0.2, 0) is 9.59 Å². The Hall–Kier alpha value is -2.70. The van der Waals surface area contributed by atoms with Gasteiger partial charge in [-0.2, -0.15) is 13.2 Å². The van der Waals surface area contributed by atoms with Gasteiger partial charge in [-0.3, -0.25) is 14.5 Å². The van der Waals surface area contributed by atoms with Crippen molar-refractivity contribution in [1.82, 2.24) is 9.80 Å². The molecule has 3 aliphatic rings. The van der Waals surface area contributed by atoms with E-state index in [4.69, 9.17) is 15.6 Å². The van der Waals surface area contributed by atoms with Crippen molar-refractivity contribution in [1.29, 1.82) is 0 Å². The predicted octanol–water partition coefficient (Wildman–Crippen LogP) is 2.75. The molecule has 1 unspecified atom stereocenters. The fourth-order valence-corrected chi connectivity index (χ4v) is 5.92. The molecule has 1 aromatic carbocycles. The molecule has 12 heteroatoms. The van der Waals surface area contributed by atoms with E-state index in [9.17, 15) is 33.0 Å². The first-order chi connectivity index (χ1) is 18.8. The Morgan fingerprint density at radius 2 is 1.62 bits per heavy atom. The van der Waals surface area contributed by atoms with E-state index < -0.39 is 17.6 Å². The van der Waals surface area contributed by atoms with Crippen molar-refractivity contribution in [2.45, 2.75) is 76.0 Å². The summed E-state index contributed by atoms with van der Waals surface area (Å²) in [4.78, 5) is 38.2. The van der Waals surface area contributed by atoms with Gasteiger partial charge >= 0.3 is 12.1 Å². The summed E-state index contributed by atoms with van der Waals surface area (Å²) in [5.41, 5.74) is 6.13. The maximum Gasteiger partial charge on any atom is 0.490 e. The summed E-state index contributed by atoms with van der Waals surface area (Å²) in [5.74, 6) is -2.31. The first kappa shape index (κ1) is 31.8. The average Bonchev–Trinajstić information content (AvgIpc) is 3.12. The van der Waals surface area contributed by atoms with Gasteiger partial charge in [0.25, 0.3) is 0 Å². The summed E-state index contributed by atoms with van der Waals surface area (Å²) in [6, 6.07) is 8.71. The number of aliphatic carboxylic acids is 1. The van der Waals surface area contributed by atoms with Crippen LogP contribution in [0.1, 0.15) is 73.7 Å². The largest absolute Gasteiger partial charge is 0.490 e. The zero-order valence-corrected chi connectivity index (χ0v) is 22.8. The number of carboxylic acid groups (broad SMARTS) is 1. The van der Waals surface area contributed by atoms with E-state index in [-0.39, 0.29) is 25.0 Å². The number of primary amides is 1. The number of nitrogens with zero attached hydrogens (tertiary/aromatic N) is 2. The van der Waals surface area contributed by atoms with Crippen LogP contribution >= 0.6 is 0 Å². The van der Waals surface area contributed by atoms with Crippen LogP contribution < -0.4 is 5.73 Å². The van der Waals surface area contributed by atoms with Crippen molar-refractivity contribution >= 4 is 17.8 Å². The lowest BCUT2D eigenvalue weighted by atomic mass is 9.83. The predicted molar refractivity (Wildman–Crippen MR) is 140 cm³/mol. The second-order valence-electron chi connectivity index (χ2n) is 11.5. The Morgan fingerprint density at radius 3 is 2.08 bits per heavy atom. The third-order valence-corrected chi connectivity index (χ3v) is 8.60. The molecule has 3 atom stereocenters. The Labute approximate surface area is 232 Å². The summed E-state index contributed by atoms with van der Waals surface area (Å²) in [5, 5.41) is 26.7. The molecule has 0 aromatic heterocycles. The minimum absolute atomic E-state index is 0.134. The maximum absolute atomic E-state index is 13.2. The van der Waals surface area contributed by atoms with Crippen LogP contribution in [0.25, 0.3) is 0 Å². The highest BCUT2D eigenvalue weighted by atomic mass is 19.4. The van der Waals surface area contributed by atoms with E-state index in [1.807, 2.05) is 17.0 Å². The molecular formula is C28H40F3N3O6. The molecule has 1 aliphatic carbocycles. The van der Waals surface area contributed by atoms with E-state index in [1.165, 1.54) is 12.0 Å². The Kier molecular flexibility index (Phi) is 10.6. The zero-order chi connectivity index (χ0) is 29.7. The molecule has 0 radical (unpaired) electrons. The van der Waals surface area contributed by atoms with E-state index in [2.05, 4.69) is 11.0 Å². The Morgan fingerprint density at radius 1 is 1.05 bits per heavy atom. The molecule has 2 amide bonds. The number of carbonyl (C=O) groups is 3. The summed E-state index contributed by atoms with van der Waals surface area (Å²) in [6.45, 7) is 3.15. The number of carbonyl (C=O) groups excluding carboxylic acids is 2. The van der Waals surface area contributed by atoms with Gasteiger partial charge in [0, 0.05) is 37.3 Å². The van der Waals surface area contributed by atoms with Crippen LogP contribution in [0.3, 0.4) is 0 Å². The van der Waals surface area contributed by atoms with Gasteiger partial charge in [-0.05, 0) is 75.0 Å². The number of fused-ring (bicyclic) bond motifs is 2. The Balaban J connectivity index is 0.000000559. The highest BCUT2D eigenvalue weighted by Gasteiger charge is 2.42. The van der Waals surface area contributed by atoms with Crippen molar-refractivity contribution in [2.75, 3.05) is 32.8 Å². The molecule has 2 aliphatic heterocycles. The standard InChI is InChI=1S/C26H39N3O4.C2HF3O2/c1-26(16-30,17-31)25(33)28(15-18-4-2-5-18)10-11-29-22-8-9-23(29)14-21(13-22)19-6-3-7-20(12-19)24(27)32;3-2(4,5)1(6)7/h3,6-7,12,18,21-23,30-31H,2,4-5,8-11,13-17H2,1H3,(H2,27,32);(H,6,7)/t21?,22-,23+;. The smallest absolute Gasteiger partial charge is 0.475 e. The number of carboxylic acids is 1. The quantitative estimate of drug-likeness (QED) is 0.338. The van der Waals surface area contributed by atoms with Crippen LogP contribution in [-0.4, -0.2) is 94.0 Å². The van der Waals surface area contributed by atoms with Crippen LogP contribution in [0.4, 0.5) is 13.2 Å². The van der Waals surface area contributed by atoms with Gasteiger partial charge in [0.1, 0.15) is 0 Å². The number of aliphatic hydroxyl groups is 2. The number of alkyl halides is 3. The molecule has 2 bridgehead atoms. The fourth-order valence-electron chi connectivity index (χ4n) is 5.92. The number of hydrogen-bond acceptors (Lipinski definition) is 6. The first-order valence-corrected chi connectivity index (χ1v) is 13.8. The third-order valence-electron chi connectivity index (χ3n) is 8.60. The van der Waals surface area contributed by atoms with Crippen molar-refractivity contribution in [3.05, 3.63) is 35.4 Å². The highest BCUT2D eigenvalue weighted by molar-refractivity contribution is 5.92. The molecule has 9 nitrogen and oxygen atoms in total. The van der Waals surface area contributed by atoms with Gasteiger partial charge in [0.2, 0.25) is 11.8 Å². The second-order valence-corrected chi connectivity index (χ2v) is 11.5. The van der Waals surface area contributed by atoms with E-state index >= 15 is 0 Å². The van der Waals surface area contributed by atoms with Crippen molar-refractivity contribution in [3.8, 4) is 0 Å². The number of rotatable bonds is 10. The van der Waals surface area contributed by atoms with Gasteiger partial charge in [-0.1, -0.05) is 18.6 Å². The molecule has 224 valence electrons. The van der Waals surface area contributed by atoms with E-state index in [1.54, 1.807) is 13.0 Å². The number of aliphatic hydroxyl groups excluding tert-OH is 2. The molecular weight excluding hydrogens is 531 g/mol. The van der Waals surface area contributed by atoms with Crippen molar-refractivity contribution < 1.29 is 42.9 Å². The molecule has 0 spiro atoms. The van der Waals surface area contributed by atoms with Crippen LogP contribution in [0.5, 0.6) is 0 Å². The number of hydrogen-bond donors (Lipinski definition) is 4. The molecule has 5 N–H and O–H groups in total. The van der Waals surface area contributed by atoms with Crippen molar-refractivity contribution in [3.63, 3.8) is 0 Å². The highest BCUT2D eigenvalue weighted by Crippen LogP contribution is 2.43. The summed E-state index contributed by atoms with van der Waals surface area (Å²) >= 11 is 0. The lowest BCUT2D eigenvalue weighted by Gasteiger charge is -2.42. The SMILES string of the molecule is CC(CO)(CO)C(=O)N(CCN1[C@@H]2CC[C@H]1CC(c1cccc(C(N)=O)c1)C2)CC1CCC1.O=C(O)C(F)(F)F. The van der Waals surface area contributed by atoms with Gasteiger partial charge in [0.05, 0.1) is 18.6 Å². The maximum atomic E-state index is 13.2. The molecule has 1 aromatic rings. The zero-order valence-electron chi connectivity index (χ0n) is 22.8. The number of benzene rings is 1. The lowest BCUT2D eigenvalue weighted by Crippen LogP contribution is -2.52. The summed E-state index contributed by atoms with van der Waals surface area (Å²) < 4.78 is 31.7. The van der Waals surface area contributed by atoms with E-state index in [0.717, 1.165) is 51.6 Å². The van der Waals surface area contributed by atoms with Gasteiger partial charge in [-0.15, -0.1) is 0 Å². The molecule has 2 heterocycles. The van der Waals surface area contributed by atoms with Gasteiger partial charge in [0.15, 0.2) is 0 Å². The number of nitrogens with two attached hydrogens (primary N) is 1. The molecule has 4 rings (SSSR count). The fraction of sp³-hybridized carbons (Fsp3) is 0.679. The molecule has 3 fully saturated rings. The average molecular weight is 572 g/mol. The van der Waals surface area contributed by atoms with Gasteiger partial charge < -0.3 is 26.0 Å². The molecule has 40 heavy (non-hydrogen) atoms. The second kappa shape index (κ2) is 13.3. The van der Waals surface area contributed by atoms with Crippen LogP contribution in [0.2, 0.25) is 0 Å². The van der Waals surface area contributed by atoms with E-state index in [0.29, 0.717) is 36.0 Å². The molecule has 2 saturated heterocycles. The normalized spacial score (nSPS) is 23.1. The summed E-state index contributed by atoms with van der Waals surface area (Å²) in [7, 11) is 0. The number of piperidine rings is 1. The minimum atomic E-state index is -5.08. The topological polar surface area (TPSA) is 144 Å². The molecule has 1 saturated carbocycles. The van der Waals surface area contributed by atoms with Crippen molar-refractivity contribution in [2.24, 2.45) is 17.1 Å². The minimum Gasteiger partial charge on any atom is -0.475 e. The van der Waals surface area contributed by atoms with Crippen LogP contribution in [0, 0.1) is 11.3 Å². The third kappa shape index (κ3) is 7.73. The Bertz CT molecular complexity index is 1030. The van der Waals surface area contributed by atoms with Crippen LogP contribution in [0.15, 0.2) is 24.3 Å². The first-order valence-electron chi connectivity index (χ1n) is 13.8. The number of amides is 2. The monoisotopic (exact) mass is 571 g/mol. The lowest BCUT2D eigenvalue weighted by molar-refractivity contribution is -0.192. The van der Waals surface area contributed by atoms with Gasteiger partial charge in [-0.25, -0.2) is 4.79 Å². The summed E-state index contributed by atoms with van der Waals surface area (Å²) in [6.07, 6.45) is 2.88. The number of halogens is 3.